The minimum Gasteiger partial charge on any atom is -0.459 e. The zero-order valence-corrected chi connectivity index (χ0v) is 13.5. The average molecular weight is 345 g/mol. The lowest BCUT2D eigenvalue weighted by molar-refractivity contribution is 0.403. The van der Waals surface area contributed by atoms with Crippen LogP contribution in [-0.2, 0) is 10.0 Å². The molecule has 0 N–H and O–H groups in total. The molecule has 0 bridgehead atoms. The molecule has 4 rings (SSSR count). The molecule has 0 spiro atoms. The summed E-state index contributed by atoms with van der Waals surface area (Å²) in [4.78, 5) is 4.63. The second kappa shape index (κ2) is 5.88. The van der Waals surface area contributed by atoms with Gasteiger partial charge in [-0.05, 0) is 30.7 Å². The smallest absolute Gasteiger partial charge is 0.293 e. The van der Waals surface area contributed by atoms with Crippen LogP contribution >= 0.6 is 0 Å². The quantitative estimate of drug-likeness (QED) is 0.722. The number of rotatable bonds is 4. The number of nitrogens with zero attached hydrogens (tertiary/aromatic N) is 3. The molecule has 1 aromatic carbocycles. The lowest BCUT2D eigenvalue weighted by atomic mass is 10.1. The number of benzene rings is 1. The maximum absolute atomic E-state index is 12.6. The number of hydrogen-bond donors (Lipinski definition) is 0. The van der Waals surface area contributed by atoms with Crippen LogP contribution in [0.5, 0.6) is 0 Å². The molecule has 1 aliphatic heterocycles. The first-order chi connectivity index (χ1) is 11.6. The summed E-state index contributed by atoms with van der Waals surface area (Å²) < 4.78 is 37.2. The van der Waals surface area contributed by atoms with Gasteiger partial charge in [-0.2, -0.15) is 9.29 Å². The number of furan rings is 1. The Labute approximate surface area is 138 Å². The van der Waals surface area contributed by atoms with E-state index < -0.39 is 10.0 Å². The van der Waals surface area contributed by atoms with E-state index in [0.29, 0.717) is 41.9 Å². The molecular formula is C16H15N3O4S. The number of sulfonamides is 1. The van der Waals surface area contributed by atoms with Crippen molar-refractivity contribution in [2.24, 2.45) is 0 Å². The van der Waals surface area contributed by atoms with Gasteiger partial charge in [-0.3, -0.25) is 0 Å². The van der Waals surface area contributed by atoms with Crippen LogP contribution in [0, 0.1) is 0 Å². The zero-order valence-electron chi connectivity index (χ0n) is 12.7. The van der Waals surface area contributed by atoms with E-state index in [9.17, 15) is 8.42 Å². The van der Waals surface area contributed by atoms with E-state index in [1.54, 1.807) is 42.5 Å². The molecule has 0 radical (unpaired) electrons. The van der Waals surface area contributed by atoms with Gasteiger partial charge in [0.25, 0.3) is 5.89 Å². The van der Waals surface area contributed by atoms with E-state index in [4.69, 9.17) is 8.94 Å². The molecule has 1 aliphatic rings. The van der Waals surface area contributed by atoms with E-state index in [0.717, 1.165) is 0 Å². The molecule has 7 nitrogen and oxygen atoms in total. The van der Waals surface area contributed by atoms with Crippen molar-refractivity contribution < 1.29 is 17.4 Å². The summed E-state index contributed by atoms with van der Waals surface area (Å²) in [6.45, 7) is 0.779. The molecule has 1 atom stereocenters. The molecule has 1 fully saturated rings. The van der Waals surface area contributed by atoms with Gasteiger partial charge in [-0.25, -0.2) is 8.42 Å². The molecule has 1 saturated heterocycles. The first kappa shape index (κ1) is 15.1. The van der Waals surface area contributed by atoms with Gasteiger partial charge in [0.15, 0.2) is 11.6 Å². The van der Waals surface area contributed by atoms with Crippen LogP contribution in [-0.4, -0.2) is 36.0 Å². The summed E-state index contributed by atoms with van der Waals surface area (Å²) in [7, 11) is -3.49. The molecule has 24 heavy (non-hydrogen) atoms. The summed E-state index contributed by atoms with van der Waals surface area (Å²) in [6, 6.07) is 11.9. The Kier molecular flexibility index (Phi) is 3.70. The van der Waals surface area contributed by atoms with Crippen molar-refractivity contribution in [3.8, 4) is 11.7 Å². The Hall–Kier alpha value is -2.45. The largest absolute Gasteiger partial charge is 0.459 e. The van der Waals surface area contributed by atoms with Gasteiger partial charge in [-0.15, -0.1) is 0 Å². The zero-order chi connectivity index (χ0) is 16.6. The van der Waals surface area contributed by atoms with E-state index >= 15 is 0 Å². The fraction of sp³-hybridized carbons (Fsp3) is 0.250. The normalized spacial score (nSPS) is 18.9. The average Bonchev–Trinajstić information content (AvgIpc) is 3.34. The first-order valence-corrected chi connectivity index (χ1v) is 9.01. The Morgan fingerprint density at radius 3 is 2.71 bits per heavy atom. The predicted molar refractivity (Wildman–Crippen MR) is 84.6 cm³/mol. The SMILES string of the molecule is O=S(=O)(c1ccccc1)N1CCC(c2noc(-c3ccco3)n2)C1. The highest BCUT2D eigenvalue weighted by molar-refractivity contribution is 7.89. The van der Waals surface area contributed by atoms with Crippen LogP contribution < -0.4 is 0 Å². The molecule has 3 heterocycles. The van der Waals surface area contributed by atoms with Crippen LogP contribution in [0.1, 0.15) is 18.2 Å². The molecule has 2 aromatic heterocycles. The van der Waals surface area contributed by atoms with Gasteiger partial charge >= 0.3 is 0 Å². The van der Waals surface area contributed by atoms with Crippen LogP contribution in [0.2, 0.25) is 0 Å². The van der Waals surface area contributed by atoms with Crippen molar-refractivity contribution in [3.63, 3.8) is 0 Å². The standard InChI is InChI=1S/C16H15N3O4S/c20-24(21,13-5-2-1-3-6-13)19-9-8-12(11-19)15-17-16(23-18-15)14-7-4-10-22-14/h1-7,10,12H,8-9,11H2. The van der Waals surface area contributed by atoms with Crippen LogP contribution in [0.3, 0.4) is 0 Å². The van der Waals surface area contributed by atoms with Gasteiger partial charge in [0, 0.05) is 19.0 Å². The fourth-order valence-electron chi connectivity index (χ4n) is 2.80. The van der Waals surface area contributed by atoms with E-state index in [2.05, 4.69) is 10.1 Å². The van der Waals surface area contributed by atoms with Gasteiger partial charge < -0.3 is 8.94 Å². The van der Waals surface area contributed by atoms with Crippen molar-refractivity contribution >= 4 is 10.0 Å². The third kappa shape index (κ3) is 2.63. The minimum atomic E-state index is -3.49. The fourth-order valence-corrected chi connectivity index (χ4v) is 4.32. The summed E-state index contributed by atoms with van der Waals surface area (Å²) in [5, 5.41) is 3.98. The molecule has 3 aromatic rings. The predicted octanol–water partition coefficient (Wildman–Crippen LogP) is 2.51. The molecule has 1 unspecified atom stereocenters. The van der Waals surface area contributed by atoms with Crippen molar-refractivity contribution in [1.29, 1.82) is 0 Å². The molecular weight excluding hydrogens is 330 g/mol. The van der Waals surface area contributed by atoms with Crippen molar-refractivity contribution in [1.82, 2.24) is 14.4 Å². The molecule has 0 saturated carbocycles. The Bertz CT molecular complexity index is 919. The monoisotopic (exact) mass is 345 g/mol. The maximum Gasteiger partial charge on any atom is 0.293 e. The summed E-state index contributed by atoms with van der Waals surface area (Å²) in [6.07, 6.45) is 2.19. The lowest BCUT2D eigenvalue weighted by Crippen LogP contribution is -2.28. The number of aromatic nitrogens is 2. The Morgan fingerprint density at radius 1 is 1.12 bits per heavy atom. The van der Waals surface area contributed by atoms with Gasteiger partial charge in [0.1, 0.15) is 0 Å². The second-order valence-corrected chi connectivity index (χ2v) is 7.53. The van der Waals surface area contributed by atoms with Crippen LogP contribution in [0.4, 0.5) is 0 Å². The summed E-state index contributed by atoms with van der Waals surface area (Å²) >= 11 is 0. The summed E-state index contributed by atoms with van der Waals surface area (Å²) in [5.41, 5.74) is 0. The topological polar surface area (TPSA) is 89.4 Å². The Balaban J connectivity index is 1.53. The maximum atomic E-state index is 12.6. The highest BCUT2D eigenvalue weighted by atomic mass is 32.2. The molecule has 8 heteroatoms. The third-order valence-corrected chi connectivity index (χ3v) is 5.95. The van der Waals surface area contributed by atoms with E-state index in [1.165, 1.54) is 10.6 Å². The molecule has 0 aliphatic carbocycles. The van der Waals surface area contributed by atoms with E-state index in [-0.39, 0.29) is 5.92 Å². The van der Waals surface area contributed by atoms with Crippen molar-refractivity contribution in [2.45, 2.75) is 17.2 Å². The minimum absolute atomic E-state index is 0.0871. The van der Waals surface area contributed by atoms with Crippen LogP contribution in [0.25, 0.3) is 11.7 Å². The van der Waals surface area contributed by atoms with Crippen LogP contribution in [0.15, 0.2) is 62.6 Å². The lowest BCUT2D eigenvalue weighted by Gasteiger charge is -2.15. The van der Waals surface area contributed by atoms with Gasteiger partial charge in [0.05, 0.1) is 11.2 Å². The van der Waals surface area contributed by atoms with Gasteiger partial charge in [-0.1, -0.05) is 23.4 Å². The third-order valence-electron chi connectivity index (χ3n) is 4.07. The molecule has 124 valence electrons. The van der Waals surface area contributed by atoms with E-state index in [1.807, 2.05) is 0 Å². The second-order valence-electron chi connectivity index (χ2n) is 5.60. The van der Waals surface area contributed by atoms with Crippen molar-refractivity contribution in [3.05, 3.63) is 54.6 Å². The summed E-state index contributed by atoms with van der Waals surface area (Å²) in [5.74, 6) is 1.22. The molecule has 0 amide bonds. The van der Waals surface area contributed by atoms with Gasteiger partial charge in [0.2, 0.25) is 10.0 Å². The Morgan fingerprint density at radius 2 is 1.96 bits per heavy atom. The number of hydrogen-bond acceptors (Lipinski definition) is 6. The highest BCUT2D eigenvalue weighted by Gasteiger charge is 2.35. The first-order valence-electron chi connectivity index (χ1n) is 7.57. The highest BCUT2D eigenvalue weighted by Crippen LogP contribution is 2.30. The van der Waals surface area contributed by atoms with Crippen molar-refractivity contribution in [2.75, 3.05) is 13.1 Å².